The number of pyridine rings is 1. The van der Waals surface area contributed by atoms with Crippen molar-refractivity contribution in [1.82, 2.24) is 4.98 Å². The highest BCUT2D eigenvalue weighted by Crippen LogP contribution is 2.39. The van der Waals surface area contributed by atoms with Gasteiger partial charge < -0.3 is 9.32 Å². The summed E-state index contributed by atoms with van der Waals surface area (Å²) in [7, 11) is 0. The molecule has 0 aliphatic heterocycles. The lowest BCUT2D eigenvalue weighted by Gasteiger charge is -2.26. The maximum Gasteiger partial charge on any atom is 0.153 e. The molecule has 2 aromatic heterocycles. The zero-order chi connectivity index (χ0) is 27.9. The molecule has 0 bridgehead atoms. The van der Waals surface area contributed by atoms with Gasteiger partial charge in [0.1, 0.15) is 5.58 Å². The lowest BCUT2D eigenvalue weighted by Crippen LogP contribution is -2.09. The third kappa shape index (κ3) is 4.29. The Labute approximate surface area is 243 Å². The summed E-state index contributed by atoms with van der Waals surface area (Å²) in [5.74, 6) is 0. The number of anilines is 3. The van der Waals surface area contributed by atoms with Crippen LogP contribution in [-0.2, 0) is 0 Å². The quantitative estimate of drug-likeness (QED) is 0.218. The highest BCUT2D eigenvalue weighted by atomic mass is 16.3. The third-order valence-corrected chi connectivity index (χ3v) is 7.94. The number of hydrogen-bond acceptors (Lipinski definition) is 3. The molecule has 3 heteroatoms. The minimum atomic E-state index is 0.809. The van der Waals surface area contributed by atoms with Gasteiger partial charge >= 0.3 is 0 Å². The number of aromatic nitrogens is 1. The molecule has 0 radical (unpaired) electrons. The maximum absolute atomic E-state index is 6.14. The van der Waals surface area contributed by atoms with Crippen LogP contribution in [0, 0.1) is 0 Å². The Kier molecular flexibility index (Phi) is 5.79. The Morgan fingerprint density at radius 2 is 1.02 bits per heavy atom. The fourth-order valence-electron chi connectivity index (χ4n) is 5.81. The second-order valence-electron chi connectivity index (χ2n) is 10.5. The largest absolute Gasteiger partial charge is 0.454 e. The van der Waals surface area contributed by atoms with Crippen molar-refractivity contribution in [2.45, 2.75) is 0 Å². The van der Waals surface area contributed by atoms with Gasteiger partial charge in [0, 0.05) is 34.0 Å². The van der Waals surface area contributed by atoms with Gasteiger partial charge in [0.2, 0.25) is 0 Å². The number of benzene rings is 6. The van der Waals surface area contributed by atoms with E-state index < -0.39 is 0 Å². The lowest BCUT2D eigenvalue weighted by atomic mass is 10.00. The molecular weight excluding hydrogens is 512 g/mol. The van der Waals surface area contributed by atoms with Gasteiger partial charge in [-0.2, -0.15) is 0 Å². The van der Waals surface area contributed by atoms with Crippen molar-refractivity contribution in [3.05, 3.63) is 158 Å². The summed E-state index contributed by atoms with van der Waals surface area (Å²) in [4.78, 5) is 6.52. The van der Waals surface area contributed by atoms with E-state index in [0.29, 0.717) is 0 Å². The minimum Gasteiger partial charge on any atom is -0.454 e. The van der Waals surface area contributed by atoms with Crippen molar-refractivity contribution < 1.29 is 4.42 Å². The van der Waals surface area contributed by atoms with E-state index in [1.54, 1.807) is 6.20 Å². The summed E-state index contributed by atoms with van der Waals surface area (Å²) in [5.41, 5.74) is 9.81. The molecular formula is C39H26N2O. The molecule has 6 aromatic carbocycles. The standard InChI is InChI=1S/C39H26N2O/c1-3-7-27(8-4-1)28-11-13-29(14-12-28)30-15-18-34(19-16-30)41(33-9-5-2-6-10-33)35-20-17-31-24-37-36-21-22-40-26-39(36)42-38(37)25-32(31)23-35/h1-26H. The minimum absolute atomic E-state index is 0.809. The highest BCUT2D eigenvalue weighted by molar-refractivity contribution is 6.10. The summed E-state index contributed by atoms with van der Waals surface area (Å²) >= 11 is 0. The average Bonchev–Trinajstić information content (AvgIpc) is 3.42. The monoisotopic (exact) mass is 538 g/mol. The number of rotatable bonds is 5. The molecule has 0 unspecified atom stereocenters. The first-order valence-corrected chi connectivity index (χ1v) is 14.1. The number of hydrogen-bond donors (Lipinski definition) is 0. The molecule has 2 heterocycles. The van der Waals surface area contributed by atoms with Crippen molar-refractivity contribution in [2.24, 2.45) is 0 Å². The van der Waals surface area contributed by atoms with Crippen molar-refractivity contribution in [2.75, 3.05) is 4.90 Å². The first-order chi connectivity index (χ1) is 20.8. The van der Waals surface area contributed by atoms with E-state index in [9.17, 15) is 0 Å². The van der Waals surface area contributed by atoms with Gasteiger partial charge in [-0.1, -0.05) is 91.0 Å². The zero-order valence-electron chi connectivity index (χ0n) is 22.8. The van der Waals surface area contributed by atoms with E-state index in [-0.39, 0.29) is 0 Å². The number of fused-ring (bicyclic) bond motifs is 4. The van der Waals surface area contributed by atoms with Crippen molar-refractivity contribution >= 4 is 49.8 Å². The SMILES string of the molecule is c1ccc(-c2ccc(-c3ccc(N(c4ccccc4)c4ccc5cc6c(cc5c4)oc4cnccc46)cc3)cc2)cc1. The topological polar surface area (TPSA) is 29.3 Å². The fraction of sp³-hybridized carbons (Fsp3) is 0. The number of para-hydroxylation sites is 1. The second kappa shape index (κ2) is 10.1. The maximum atomic E-state index is 6.14. The molecule has 0 saturated heterocycles. The first kappa shape index (κ1) is 24.2. The highest BCUT2D eigenvalue weighted by Gasteiger charge is 2.15. The summed E-state index contributed by atoms with van der Waals surface area (Å²) in [5, 5.41) is 4.50. The van der Waals surface area contributed by atoms with Gasteiger partial charge in [-0.25, -0.2) is 0 Å². The Balaban J connectivity index is 1.17. The van der Waals surface area contributed by atoms with Crippen LogP contribution in [0.5, 0.6) is 0 Å². The van der Waals surface area contributed by atoms with E-state index in [1.807, 2.05) is 18.3 Å². The molecule has 8 rings (SSSR count). The molecule has 198 valence electrons. The first-order valence-electron chi connectivity index (χ1n) is 14.1. The molecule has 0 amide bonds. The average molecular weight is 539 g/mol. The molecule has 0 atom stereocenters. The molecule has 0 aliphatic carbocycles. The zero-order valence-corrected chi connectivity index (χ0v) is 22.8. The second-order valence-corrected chi connectivity index (χ2v) is 10.5. The fourth-order valence-corrected chi connectivity index (χ4v) is 5.81. The number of nitrogens with zero attached hydrogens (tertiary/aromatic N) is 2. The van der Waals surface area contributed by atoms with E-state index in [1.165, 1.54) is 27.6 Å². The van der Waals surface area contributed by atoms with Crippen LogP contribution in [0.3, 0.4) is 0 Å². The van der Waals surface area contributed by atoms with Gasteiger partial charge in [0.15, 0.2) is 5.58 Å². The van der Waals surface area contributed by atoms with Crippen LogP contribution in [0.1, 0.15) is 0 Å². The van der Waals surface area contributed by atoms with Crippen LogP contribution in [0.2, 0.25) is 0 Å². The van der Waals surface area contributed by atoms with Crippen molar-refractivity contribution in [1.29, 1.82) is 0 Å². The summed E-state index contributed by atoms with van der Waals surface area (Å²) in [6, 6.07) is 51.6. The summed E-state index contributed by atoms with van der Waals surface area (Å²) in [6.45, 7) is 0. The predicted molar refractivity (Wildman–Crippen MR) is 175 cm³/mol. The molecule has 3 nitrogen and oxygen atoms in total. The van der Waals surface area contributed by atoms with Gasteiger partial charge in [-0.3, -0.25) is 4.98 Å². The molecule has 8 aromatic rings. The predicted octanol–water partition coefficient (Wildman–Crippen LogP) is 10.9. The summed E-state index contributed by atoms with van der Waals surface area (Å²) < 4.78 is 6.14. The van der Waals surface area contributed by atoms with Crippen LogP contribution in [-0.4, -0.2) is 4.98 Å². The van der Waals surface area contributed by atoms with Gasteiger partial charge in [0.05, 0.1) is 6.20 Å². The summed E-state index contributed by atoms with van der Waals surface area (Å²) in [6.07, 6.45) is 3.59. The van der Waals surface area contributed by atoms with Gasteiger partial charge in [-0.05, 0) is 87.6 Å². The Morgan fingerprint density at radius 1 is 0.429 bits per heavy atom. The molecule has 0 N–H and O–H groups in total. The Bertz CT molecular complexity index is 2170. The third-order valence-electron chi connectivity index (χ3n) is 7.94. The Hall–Kier alpha value is -5.67. The molecule has 0 fully saturated rings. The van der Waals surface area contributed by atoms with Crippen LogP contribution >= 0.6 is 0 Å². The van der Waals surface area contributed by atoms with Gasteiger partial charge in [-0.15, -0.1) is 0 Å². The normalized spacial score (nSPS) is 11.3. The molecule has 0 aliphatic rings. The van der Waals surface area contributed by atoms with Crippen molar-refractivity contribution in [3.63, 3.8) is 0 Å². The molecule has 0 spiro atoms. The lowest BCUT2D eigenvalue weighted by molar-refractivity contribution is 0.667. The van der Waals surface area contributed by atoms with E-state index in [2.05, 4.69) is 143 Å². The van der Waals surface area contributed by atoms with Crippen molar-refractivity contribution in [3.8, 4) is 22.3 Å². The van der Waals surface area contributed by atoms with E-state index in [4.69, 9.17) is 4.42 Å². The molecule has 0 saturated carbocycles. The van der Waals surface area contributed by atoms with Crippen LogP contribution in [0.15, 0.2) is 162 Å². The van der Waals surface area contributed by atoms with E-state index in [0.717, 1.165) is 44.4 Å². The van der Waals surface area contributed by atoms with E-state index >= 15 is 0 Å². The van der Waals surface area contributed by atoms with Gasteiger partial charge in [0.25, 0.3) is 0 Å². The number of furan rings is 1. The smallest absolute Gasteiger partial charge is 0.153 e. The Morgan fingerprint density at radius 3 is 1.74 bits per heavy atom. The van der Waals surface area contributed by atoms with Crippen LogP contribution < -0.4 is 4.90 Å². The van der Waals surface area contributed by atoms with Crippen LogP contribution in [0.4, 0.5) is 17.1 Å². The molecule has 42 heavy (non-hydrogen) atoms. The van der Waals surface area contributed by atoms with Crippen LogP contribution in [0.25, 0.3) is 55.0 Å².